The van der Waals surface area contributed by atoms with Crippen LogP contribution >= 0.6 is 0 Å². The molecule has 126 valence electrons. The lowest BCUT2D eigenvalue weighted by molar-refractivity contribution is -0.129. The maximum Gasteiger partial charge on any atom is 0.242 e. The van der Waals surface area contributed by atoms with Crippen LogP contribution in [-0.4, -0.2) is 31.0 Å². The van der Waals surface area contributed by atoms with Gasteiger partial charge in [0, 0.05) is 13.0 Å². The number of nitrogens with one attached hydrogen (secondary N) is 2. The van der Waals surface area contributed by atoms with Crippen LogP contribution < -0.4 is 15.4 Å². The van der Waals surface area contributed by atoms with Gasteiger partial charge in [-0.15, -0.1) is 0 Å². The minimum Gasteiger partial charge on any atom is -0.494 e. The molecule has 5 heteroatoms. The lowest BCUT2D eigenvalue weighted by atomic mass is 10.1. The van der Waals surface area contributed by atoms with Crippen LogP contribution in [-0.2, 0) is 16.0 Å². The van der Waals surface area contributed by atoms with E-state index < -0.39 is 6.04 Å². The molecular weight excluding hydrogens is 292 g/mol. The summed E-state index contributed by atoms with van der Waals surface area (Å²) in [6, 6.07) is 7.44. The normalized spacial score (nSPS) is 21.0. The van der Waals surface area contributed by atoms with E-state index in [0.717, 1.165) is 30.6 Å². The summed E-state index contributed by atoms with van der Waals surface area (Å²) < 4.78 is 5.69. The molecule has 2 aliphatic heterocycles. The van der Waals surface area contributed by atoms with Crippen molar-refractivity contribution in [3.63, 3.8) is 0 Å². The zero-order chi connectivity index (χ0) is 16.5. The molecule has 0 spiro atoms. The SMILES string of the molecule is CCC1NC(=O)CCc2ccc(cc2)OCCCCCNC1=O. The van der Waals surface area contributed by atoms with Gasteiger partial charge in [-0.3, -0.25) is 9.59 Å². The summed E-state index contributed by atoms with van der Waals surface area (Å²) in [5.41, 5.74) is 1.09. The smallest absolute Gasteiger partial charge is 0.242 e. The van der Waals surface area contributed by atoms with Crippen LogP contribution in [0.1, 0.15) is 44.6 Å². The molecule has 23 heavy (non-hydrogen) atoms. The molecule has 0 radical (unpaired) electrons. The van der Waals surface area contributed by atoms with E-state index in [4.69, 9.17) is 4.74 Å². The molecule has 0 saturated carbocycles. The van der Waals surface area contributed by atoms with Crippen molar-refractivity contribution in [1.29, 1.82) is 0 Å². The number of hydrogen-bond donors (Lipinski definition) is 2. The molecular formula is C18H26N2O3. The number of benzene rings is 1. The largest absolute Gasteiger partial charge is 0.494 e. The van der Waals surface area contributed by atoms with Gasteiger partial charge in [-0.05, 0) is 49.8 Å². The van der Waals surface area contributed by atoms with E-state index >= 15 is 0 Å². The minimum atomic E-state index is -0.441. The van der Waals surface area contributed by atoms with Crippen molar-refractivity contribution in [3.8, 4) is 5.75 Å². The van der Waals surface area contributed by atoms with Gasteiger partial charge in [0.25, 0.3) is 0 Å². The van der Waals surface area contributed by atoms with Crippen molar-refractivity contribution >= 4 is 11.8 Å². The van der Waals surface area contributed by atoms with Crippen molar-refractivity contribution < 1.29 is 14.3 Å². The maximum absolute atomic E-state index is 12.1. The predicted molar refractivity (Wildman–Crippen MR) is 89.3 cm³/mol. The van der Waals surface area contributed by atoms with E-state index in [2.05, 4.69) is 10.6 Å². The molecule has 3 rings (SSSR count). The Balaban J connectivity index is 1.99. The summed E-state index contributed by atoms with van der Waals surface area (Å²) >= 11 is 0. The van der Waals surface area contributed by atoms with Crippen molar-refractivity contribution in [2.45, 2.75) is 51.5 Å². The molecule has 1 unspecified atom stereocenters. The van der Waals surface area contributed by atoms with Gasteiger partial charge in [0.1, 0.15) is 11.8 Å². The van der Waals surface area contributed by atoms with E-state index in [0.29, 0.717) is 32.4 Å². The van der Waals surface area contributed by atoms with E-state index in [9.17, 15) is 9.59 Å². The second-order valence-corrected chi connectivity index (χ2v) is 5.87. The molecule has 2 bridgehead atoms. The highest BCUT2D eigenvalue weighted by atomic mass is 16.5. The fourth-order valence-corrected chi connectivity index (χ4v) is 2.56. The molecule has 0 aliphatic carbocycles. The molecule has 0 fully saturated rings. The first-order valence-corrected chi connectivity index (χ1v) is 8.48. The number of carbonyl (C=O) groups excluding carboxylic acids is 2. The van der Waals surface area contributed by atoms with Gasteiger partial charge in [0.2, 0.25) is 11.8 Å². The summed E-state index contributed by atoms with van der Waals surface area (Å²) in [5.74, 6) is 0.684. The molecule has 0 aromatic heterocycles. The summed E-state index contributed by atoms with van der Waals surface area (Å²) in [6.45, 7) is 3.23. The molecule has 2 N–H and O–H groups in total. The van der Waals surface area contributed by atoms with E-state index in [1.807, 2.05) is 31.2 Å². The Labute approximate surface area is 137 Å². The van der Waals surface area contributed by atoms with Crippen LogP contribution in [0.2, 0.25) is 0 Å². The Hall–Kier alpha value is -2.04. The average Bonchev–Trinajstić information content (AvgIpc) is 2.57. The summed E-state index contributed by atoms with van der Waals surface area (Å²) in [4.78, 5) is 24.1. The van der Waals surface area contributed by atoms with Crippen LogP contribution in [0.25, 0.3) is 0 Å². The highest BCUT2D eigenvalue weighted by molar-refractivity contribution is 5.87. The monoisotopic (exact) mass is 318 g/mol. The summed E-state index contributed by atoms with van der Waals surface area (Å²) in [6.07, 6.45) is 4.51. The fraction of sp³-hybridized carbons (Fsp3) is 0.556. The third kappa shape index (κ3) is 5.93. The molecule has 0 saturated heterocycles. The number of hydrogen-bond acceptors (Lipinski definition) is 3. The Morgan fingerprint density at radius 1 is 1.09 bits per heavy atom. The molecule has 1 aromatic rings. The summed E-state index contributed by atoms with van der Waals surface area (Å²) in [7, 11) is 0. The van der Waals surface area contributed by atoms with Crippen molar-refractivity contribution in [2.24, 2.45) is 0 Å². The third-order valence-corrected chi connectivity index (χ3v) is 4.01. The minimum absolute atomic E-state index is 0.0864. The number of ether oxygens (including phenoxy) is 1. The van der Waals surface area contributed by atoms with Gasteiger partial charge in [-0.1, -0.05) is 19.1 Å². The first kappa shape index (κ1) is 17.3. The van der Waals surface area contributed by atoms with Crippen LogP contribution in [0, 0.1) is 0 Å². The number of fused-ring (bicyclic) bond motifs is 14. The molecule has 2 aliphatic rings. The second-order valence-electron chi connectivity index (χ2n) is 5.87. The number of aryl methyl sites for hydroxylation is 1. The van der Waals surface area contributed by atoms with Crippen LogP contribution in [0.5, 0.6) is 5.75 Å². The Kier molecular flexibility index (Phi) is 6.91. The van der Waals surface area contributed by atoms with E-state index in [-0.39, 0.29) is 11.8 Å². The van der Waals surface area contributed by atoms with Crippen molar-refractivity contribution in [2.75, 3.05) is 13.2 Å². The number of rotatable bonds is 1. The molecule has 1 aromatic carbocycles. The number of carbonyl (C=O) groups is 2. The van der Waals surface area contributed by atoms with Crippen LogP contribution in [0.15, 0.2) is 24.3 Å². The first-order valence-electron chi connectivity index (χ1n) is 8.48. The standard InChI is InChI=1S/C18H26N2O3/c1-2-16-18(22)19-12-4-3-5-13-23-15-9-6-14(7-10-15)8-11-17(21)20-16/h6-7,9-10,16H,2-5,8,11-13H2,1H3,(H,19,22)(H,20,21). The van der Waals surface area contributed by atoms with Crippen LogP contribution in [0.4, 0.5) is 0 Å². The van der Waals surface area contributed by atoms with Gasteiger partial charge < -0.3 is 15.4 Å². The predicted octanol–water partition coefficient (Wildman–Crippen LogP) is 2.19. The second kappa shape index (κ2) is 9.18. The number of amides is 2. The quantitative estimate of drug-likeness (QED) is 0.834. The van der Waals surface area contributed by atoms with Crippen LogP contribution in [0.3, 0.4) is 0 Å². The van der Waals surface area contributed by atoms with Gasteiger partial charge >= 0.3 is 0 Å². The first-order chi connectivity index (χ1) is 11.2. The van der Waals surface area contributed by atoms with Gasteiger partial charge in [0.15, 0.2) is 0 Å². The van der Waals surface area contributed by atoms with E-state index in [1.54, 1.807) is 0 Å². The molecule has 2 heterocycles. The molecule has 2 amide bonds. The van der Waals surface area contributed by atoms with Crippen molar-refractivity contribution in [3.05, 3.63) is 29.8 Å². The Bertz CT molecular complexity index is 514. The highest BCUT2D eigenvalue weighted by Crippen LogP contribution is 2.14. The van der Waals surface area contributed by atoms with Gasteiger partial charge in [-0.2, -0.15) is 0 Å². The van der Waals surface area contributed by atoms with Crippen molar-refractivity contribution in [1.82, 2.24) is 10.6 Å². The summed E-state index contributed by atoms with van der Waals surface area (Å²) in [5, 5.41) is 5.72. The van der Waals surface area contributed by atoms with E-state index in [1.165, 1.54) is 0 Å². The molecule has 5 nitrogen and oxygen atoms in total. The highest BCUT2D eigenvalue weighted by Gasteiger charge is 2.18. The molecule has 1 atom stereocenters. The zero-order valence-corrected chi connectivity index (χ0v) is 13.8. The fourth-order valence-electron chi connectivity index (χ4n) is 2.56. The van der Waals surface area contributed by atoms with Gasteiger partial charge in [-0.25, -0.2) is 0 Å². The third-order valence-electron chi connectivity index (χ3n) is 4.01. The lowest BCUT2D eigenvalue weighted by Crippen LogP contribution is -2.46. The zero-order valence-electron chi connectivity index (χ0n) is 13.8. The Morgan fingerprint density at radius 2 is 1.87 bits per heavy atom. The average molecular weight is 318 g/mol. The lowest BCUT2D eigenvalue weighted by Gasteiger charge is -2.16. The topological polar surface area (TPSA) is 67.4 Å². The maximum atomic E-state index is 12.1. The Morgan fingerprint density at radius 3 is 2.61 bits per heavy atom. The van der Waals surface area contributed by atoms with Gasteiger partial charge in [0.05, 0.1) is 6.61 Å².